The van der Waals surface area contributed by atoms with Crippen molar-refractivity contribution in [1.29, 1.82) is 0 Å². The maximum Gasteiger partial charge on any atom is 0.327 e. The molecule has 1 aliphatic carbocycles. The predicted octanol–water partition coefficient (Wildman–Crippen LogP) is 5.12. The van der Waals surface area contributed by atoms with E-state index in [4.69, 9.17) is 0 Å². The van der Waals surface area contributed by atoms with E-state index in [1.807, 2.05) is 49.1 Å². The molecule has 0 radical (unpaired) electrons. The average molecular weight is 545 g/mol. The van der Waals surface area contributed by atoms with Crippen LogP contribution >= 0.6 is 0 Å². The van der Waals surface area contributed by atoms with Crippen molar-refractivity contribution < 1.29 is 23.2 Å². The summed E-state index contributed by atoms with van der Waals surface area (Å²) in [5.41, 5.74) is 0.277. The number of imide groups is 1. The molecule has 3 heterocycles. The third-order valence-corrected chi connectivity index (χ3v) is 9.59. The summed E-state index contributed by atoms with van der Waals surface area (Å²) >= 11 is 0. The van der Waals surface area contributed by atoms with E-state index in [9.17, 15) is 23.2 Å². The quantitative estimate of drug-likeness (QED) is 0.438. The van der Waals surface area contributed by atoms with E-state index in [-0.39, 0.29) is 67.6 Å². The van der Waals surface area contributed by atoms with Crippen LogP contribution in [0.15, 0.2) is 30.3 Å². The Labute approximate surface area is 230 Å². The summed E-state index contributed by atoms with van der Waals surface area (Å²) in [6.07, 6.45) is 4.80. The monoisotopic (exact) mass is 544 g/mol. The highest BCUT2D eigenvalue weighted by Crippen LogP contribution is 2.47. The van der Waals surface area contributed by atoms with Crippen molar-refractivity contribution in [3.05, 3.63) is 35.9 Å². The van der Waals surface area contributed by atoms with Crippen molar-refractivity contribution in [2.45, 2.75) is 108 Å². The second kappa shape index (κ2) is 11.1. The van der Waals surface area contributed by atoms with Crippen molar-refractivity contribution >= 4 is 17.8 Å². The van der Waals surface area contributed by atoms with Gasteiger partial charge in [-0.15, -0.1) is 0 Å². The number of benzene rings is 1. The molecule has 5 rings (SSSR count). The molecule has 4 fully saturated rings. The van der Waals surface area contributed by atoms with Crippen LogP contribution in [0.2, 0.25) is 0 Å². The highest BCUT2D eigenvalue weighted by Gasteiger charge is 2.62. The Morgan fingerprint density at radius 1 is 1.00 bits per heavy atom. The van der Waals surface area contributed by atoms with Crippen LogP contribution in [-0.2, 0) is 9.59 Å². The van der Waals surface area contributed by atoms with Crippen molar-refractivity contribution in [2.24, 2.45) is 5.92 Å². The van der Waals surface area contributed by atoms with E-state index in [1.165, 1.54) is 4.90 Å². The number of urea groups is 1. The number of nitrogens with one attached hydrogen (secondary N) is 1. The summed E-state index contributed by atoms with van der Waals surface area (Å²) in [5.74, 6) is -3.21. The molecule has 3 aliphatic heterocycles. The fourth-order valence-electron chi connectivity index (χ4n) is 7.55. The molecule has 9 heteroatoms. The maximum atomic E-state index is 13.7. The lowest BCUT2D eigenvalue weighted by Crippen LogP contribution is -2.60. The van der Waals surface area contributed by atoms with Gasteiger partial charge in [-0.05, 0) is 63.9 Å². The van der Waals surface area contributed by atoms with Crippen molar-refractivity contribution in [3.63, 3.8) is 0 Å². The van der Waals surface area contributed by atoms with Crippen LogP contribution in [-0.4, -0.2) is 75.7 Å². The number of carbonyl (C=O) groups is 3. The first-order chi connectivity index (χ1) is 18.7. The molecule has 3 atom stereocenters. The van der Waals surface area contributed by atoms with Crippen LogP contribution in [0.5, 0.6) is 0 Å². The third-order valence-electron chi connectivity index (χ3n) is 9.59. The van der Waals surface area contributed by atoms with Gasteiger partial charge < -0.3 is 10.2 Å². The van der Waals surface area contributed by atoms with Crippen molar-refractivity contribution in [2.75, 3.05) is 19.6 Å². The second-order valence-corrected chi connectivity index (χ2v) is 11.9. The van der Waals surface area contributed by atoms with Gasteiger partial charge >= 0.3 is 6.03 Å². The fraction of sp³-hybridized carbons (Fsp3) is 0.700. The third kappa shape index (κ3) is 5.31. The molecule has 39 heavy (non-hydrogen) atoms. The molecule has 1 saturated carbocycles. The largest absolute Gasteiger partial charge is 0.349 e. The number of piperidine rings is 1. The number of rotatable bonds is 9. The summed E-state index contributed by atoms with van der Waals surface area (Å²) in [5, 5.41) is 3.19. The molecule has 4 aliphatic rings. The Balaban J connectivity index is 1.28. The smallest absolute Gasteiger partial charge is 0.327 e. The van der Waals surface area contributed by atoms with Crippen LogP contribution < -0.4 is 5.32 Å². The van der Waals surface area contributed by atoms with Gasteiger partial charge in [-0.3, -0.25) is 19.4 Å². The lowest BCUT2D eigenvalue weighted by Gasteiger charge is -2.47. The normalized spacial score (nSPS) is 29.8. The molecule has 0 aromatic heterocycles. The van der Waals surface area contributed by atoms with Crippen molar-refractivity contribution in [3.8, 4) is 0 Å². The van der Waals surface area contributed by atoms with Gasteiger partial charge in [0.2, 0.25) is 11.8 Å². The Kier molecular flexibility index (Phi) is 8.00. The van der Waals surface area contributed by atoms with Gasteiger partial charge in [-0.1, -0.05) is 37.3 Å². The first-order valence-electron chi connectivity index (χ1n) is 14.8. The minimum absolute atomic E-state index is 0.0347. The van der Waals surface area contributed by atoms with Crippen LogP contribution in [0.1, 0.15) is 89.7 Å². The minimum atomic E-state index is -2.66. The molecular weight excluding hydrogens is 502 g/mol. The number of hydrogen-bond donors (Lipinski definition) is 1. The number of carbonyl (C=O) groups excluding carboxylic acids is 3. The van der Waals surface area contributed by atoms with Gasteiger partial charge in [0.05, 0.1) is 6.04 Å². The zero-order chi connectivity index (χ0) is 27.8. The summed E-state index contributed by atoms with van der Waals surface area (Å²) in [4.78, 5) is 45.5. The lowest BCUT2D eigenvalue weighted by molar-refractivity contribution is -0.137. The highest BCUT2D eigenvalue weighted by atomic mass is 19.3. The van der Waals surface area contributed by atoms with E-state index < -0.39 is 11.5 Å². The second-order valence-electron chi connectivity index (χ2n) is 11.9. The molecule has 2 unspecified atom stereocenters. The van der Waals surface area contributed by atoms with E-state index >= 15 is 0 Å². The van der Waals surface area contributed by atoms with E-state index in [1.54, 1.807) is 0 Å². The van der Waals surface area contributed by atoms with Gasteiger partial charge in [0.1, 0.15) is 5.54 Å². The van der Waals surface area contributed by atoms with Gasteiger partial charge in [-0.2, -0.15) is 0 Å². The van der Waals surface area contributed by atoms with Crippen LogP contribution in [0.4, 0.5) is 13.6 Å². The molecule has 3 saturated heterocycles. The predicted molar refractivity (Wildman–Crippen MR) is 144 cm³/mol. The van der Waals surface area contributed by atoms with E-state index in [0.29, 0.717) is 32.4 Å². The summed E-state index contributed by atoms with van der Waals surface area (Å²) in [6, 6.07) is 9.92. The van der Waals surface area contributed by atoms with Gasteiger partial charge in [-0.25, -0.2) is 13.6 Å². The Bertz CT molecular complexity index is 1040. The number of likely N-dealkylation sites (N-methyl/N-ethyl adjacent to an activating group) is 1. The topological polar surface area (TPSA) is 73.0 Å². The molecule has 1 spiro atoms. The Hall–Kier alpha value is -2.55. The molecule has 1 aromatic rings. The number of amides is 4. The number of halogens is 2. The minimum Gasteiger partial charge on any atom is -0.349 e. The van der Waals surface area contributed by atoms with Crippen LogP contribution in [0.3, 0.4) is 0 Å². The van der Waals surface area contributed by atoms with E-state index in [0.717, 1.165) is 31.4 Å². The molecule has 4 amide bonds. The molecule has 1 N–H and O–H groups in total. The molecule has 2 bridgehead atoms. The van der Waals surface area contributed by atoms with Crippen LogP contribution in [0.25, 0.3) is 0 Å². The summed E-state index contributed by atoms with van der Waals surface area (Å²) in [7, 11) is 0. The zero-order valence-electron chi connectivity index (χ0n) is 23.2. The zero-order valence-corrected chi connectivity index (χ0v) is 23.2. The lowest BCUT2D eigenvalue weighted by atomic mass is 9.81. The fourth-order valence-corrected chi connectivity index (χ4v) is 7.55. The average Bonchev–Trinajstić information content (AvgIpc) is 3.27. The maximum absolute atomic E-state index is 13.7. The number of fused-ring (bicyclic) bond motifs is 2. The van der Waals surface area contributed by atoms with Gasteiger partial charge in [0, 0.05) is 50.5 Å². The molecule has 214 valence electrons. The SMILES string of the molecule is CCCN1C(=O)N(CC)C(=O)C12CC1CCC(C2)N1CC[C@H](NC(=O)C1CCC(F)(F)CC1)c1ccccc1. The molecule has 7 nitrogen and oxygen atoms in total. The molecular formula is C30H42F2N4O3. The molecule has 1 aromatic carbocycles. The van der Waals surface area contributed by atoms with Crippen LogP contribution in [0, 0.1) is 5.92 Å². The summed E-state index contributed by atoms with van der Waals surface area (Å²) < 4.78 is 27.3. The number of nitrogens with zero attached hydrogens (tertiary/aromatic N) is 3. The van der Waals surface area contributed by atoms with E-state index in [2.05, 4.69) is 10.2 Å². The standard InChI is InChI=1S/C30H42F2N4O3/c1-3-17-36-28(39)34(4-2)27(38)29(36)19-23-10-11-24(20-29)35(23)18-14-25(21-8-6-5-7-9-21)33-26(37)22-12-15-30(31,32)16-13-22/h5-9,22-25H,3-4,10-20H2,1-2H3,(H,33,37)/t23?,24?,25-,29?/m0/s1. The van der Waals surface area contributed by atoms with Gasteiger partial charge in [0.15, 0.2) is 0 Å². The number of hydrogen-bond acceptors (Lipinski definition) is 4. The summed E-state index contributed by atoms with van der Waals surface area (Å²) in [6.45, 7) is 5.66. The van der Waals surface area contributed by atoms with Crippen molar-refractivity contribution in [1.82, 2.24) is 20.0 Å². The first-order valence-corrected chi connectivity index (χ1v) is 14.8. The highest BCUT2D eigenvalue weighted by molar-refractivity contribution is 6.07. The Morgan fingerprint density at radius 3 is 2.23 bits per heavy atom. The van der Waals surface area contributed by atoms with Gasteiger partial charge in [0.25, 0.3) is 5.91 Å². The number of alkyl halides is 2. The Morgan fingerprint density at radius 2 is 1.64 bits per heavy atom. The first kappa shape index (κ1) is 28.0.